The Bertz CT molecular complexity index is 361. The van der Waals surface area contributed by atoms with Crippen LogP contribution in [0.1, 0.15) is 33.3 Å². The van der Waals surface area contributed by atoms with Gasteiger partial charge in [-0.15, -0.1) is 0 Å². The van der Waals surface area contributed by atoms with Crippen LogP contribution in [-0.4, -0.2) is 12.4 Å². The van der Waals surface area contributed by atoms with Crippen molar-refractivity contribution in [3.63, 3.8) is 0 Å². The van der Waals surface area contributed by atoms with E-state index in [0.29, 0.717) is 0 Å². The molecule has 0 saturated carbocycles. The lowest BCUT2D eigenvalue weighted by molar-refractivity contribution is -0.128. The largest absolute Gasteiger partial charge is 0.486 e. The molecule has 2 nitrogen and oxygen atoms in total. The van der Waals surface area contributed by atoms with Gasteiger partial charge < -0.3 is 4.74 Å². The molecule has 1 rings (SSSR count). The van der Waals surface area contributed by atoms with E-state index in [1.54, 1.807) is 0 Å². The van der Waals surface area contributed by atoms with Crippen LogP contribution >= 0.6 is 0 Å². The van der Waals surface area contributed by atoms with Crippen molar-refractivity contribution in [3.8, 4) is 5.75 Å². The molecule has 16 heavy (non-hydrogen) atoms. The SMILES string of the molecule is CCc1ccccc1OCC(=O)C(C)(C)C. The number of hydrogen-bond acceptors (Lipinski definition) is 2. The predicted octanol–water partition coefficient (Wildman–Crippen LogP) is 3.24. The lowest BCUT2D eigenvalue weighted by Gasteiger charge is -2.17. The van der Waals surface area contributed by atoms with Gasteiger partial charge in [0.1, 0.15) is 12.4 Å². The molecule has 1 aromatic rings. The van der Waals surface area contributed by atoms with E-state index in [1.165, 1.54) is 0 Å². The molecule has 0 N–H and O–H groups in total. The number of carbonyl (C=O) groups excluding carboxylic acids is 1. The fourth-order valence-corrected chi connectivity index (χ4v) is 1.30. The Labute approximate surface area is 97.6 Å². The van der Waals surface area contributed by atoms with Crippen molar-refractivity contribution in [3.05, 3.63) is 29.8 Å². The number of hydrogen-bond donors (Lipinski definition) is 0. The van der Waals surface area contributed by atoms with E-state index < -0.39 is 0 Å². The van der Waals surface area contributed by atoms with Gasteiger partial charge in [0.25, 0.3) is 0 Å². The molecule has 0 radical (unpaired) electrons. The average Bonchev–Trinajstić information content (AvgIpc) is 2.24. The molecule has 0 aromatic heterocycles. The monoisotopic (exact) mass is 220 g/mol. The molecule has 0 aliphatic heterocycles. The van der Waals surface area contributed by atoms with Gasteiger partial charge in [0.15, 0.2) is 5.78 Å². The van der Waals surface area contributed by atoms with E-state index in [2.05, 4.69) is 6.92 Å². The summed E-state index contributed by atoms with van der Waals surface area (Å²) in [4.78, 5) is 11.7. The Hall–Kier alpha value is -1.31. The van der Waals surface area contributed by atoms with E-state index in [0.717, 1.165) is 17.7 Å². The Morgan fingerprint density at radius 3 is 2.44 bits per heavy atom. The lowest BCUT2D eigenvalue weighted by Crippen LogP contribution is -2.26. The van der Waals surface area contributed by atoms with Crippen LogP contribution in [-0.2, 0) is 11.2 Å². The molecule has 0 aliphatic carbocycles. The topological polar surface area (TPSA) is 26.3 Å². The molecule has 88 valence electrons. The van der Waals surface area contributed by atoms with Gasteiger partial charge in [0.2, 0.25) is 0 Å². The zero-order valence-corrected chi connectivity index (χ0v) is 10.5. The number of ether oxygens (including phenoxy) is 1. The van der Waals surface area contributed by atoms with Crippen molar-refractivity contribution in [2.75, 3.05) is 6.61 Å². The maximum atomic E-state index is 11.7. The fourth-order valence-electron chi connectivity index (χ4n) is 1.30. The first kappa shape index (κ1) is 12.8. The molecule has 0 fully saturated rings. The van der Waals surface area contributed by atoms with Crippen LogP contribution in [0.4, 0.5) is 0 Å². The summed E-state index contributed by atoms with van der Waals surface area (Å²) in [5.74, 6) is 0.945. The minimum Gasteiger partial charge on any atom is -0.486 e. The van der Waals surface area contributed by atoms with Crippen LogP contribution in [0.25, 0.3) is 0 Å². The molecule has 2 heteroatoms. The maximum Gasteiger partial charge on any atom is 0.175 e. The van der Waals surface area contributed by atoms with Crippen LogP contribution in [0.15, 0.2) is 24.3 Å². The first-order valence-electron chi connectivity index (χ1n) is 5.69. The Morgan fingerprint density at radius 2 is 1.88 bits per heavy atom. The number of Topliss-reactive ketones (excluding diaryl/α,β-unsaturated/α-hetero) is 1. The highest BCUT2D eigenvalue weighted by atomic mass is 16.5. The van der Waals surface area contributed by atoms with Gasteiger partial charge in [-0.05, 0) is 18.1 Å². The summed E-state index contributed by atoms with van der Waals surface area (Å²) in [6, 6.07) is 7.85. The predicted molar refractivity (Wildman–Crippen MR) is 65.8 cm³/mol. The van der Waals surface area contributed by atoms with Gasteiger partial charge in [-0.25, -0.2) is 0 Å². The van der Waals surface area contributed by atoms with Crippen molar-refractivity contribution in [1.82, 2.24) is 0 Å². The Morgan fingerprint density at radius 1 is 1.25 bits per heavy atom. The molecule has 0 atom stereocenters. The summed E-state index contributed by atoms with van der Waals surface area (Å²) in [6.07, 6.45) is 0.917. The number of carbonyl (C=O) groups is 1. The van der Waals surface area contributed by atoms with E-state index in [4.69, 9.17) is 4.74 Å². The summed E-state index contributed by atoms with van der Waals surface area (Å²) >= 11 is 0. The van der Waals surface area contributed by atoms with Gasteiger partial charge in [-0.1, -0.05) is 45.9 Å². The highest BCUT2D eigenvalue weighted by molar-refractivity contribution is 5.85. The van der Waals surface area contributed by atoms with Crippen molar-refractivity contribution < 1.29 is 9.53 Å². The Balaban J connectivity index is 2.65. The van der Waals surface area contributed by atoms with Crippen LogP contribution in [0, 0.1) is 5.41 Å². The van der Waals surface area contributed by atoms with Crippen LogP contribution in [0.3, 0.4) is 0 Å². The second kappa shape index (κ2) is 5.15. The summed E-state index contributed by atoms with van der Waals surface area (Å²) in [5.41, 5.74) is 0.811. The number of benzene rings is 1. The van der Waals surface area contributed by atoms with Gasteiger partial charge in [-0.3, -0.25) is 4.79 Å². The molecule has 0 aliphatic rings. The molecule has 0 bridgehead atoms. The molecule has 1 aromatic carbocycles. The third-order valence-corrected chi connectivity index (χ3v) is 2.55. The normalized spacial score (nSPS) is 11.2. The van der Waals surface area contributed by atoms with Gasteiger partial charge in [-0.2, -0.15) is 0 Å². The zero-order valence-electron chi connectivity index (χ0n) is 10.5. The average molecular weight is 220 g/mol. The standard InChI is InChI=1S/C14H20O2/c1-5-11-8-6-7-9-12(11)16-10-13(15)14(2,3)4/h6-9H,5,10H2,1-4H3. The summed E-state index contributed by atoms with van der Waals surface area (Å²) in [5, 5.41) is 0. The number of ketones is 1. The van der Waals surface area contributed by atoms with Crippen molar-refractivity contribution in [2.24, 2.45) is 5.41 Å². The van der Waals surface area contributed by atoms with Gasteiger partial charge in [0, 0.05) is 5.41 Å². The van der Waals surface area contributed by atoms with E-state index in [9.17, 15) is 4.79 Å². The number of aryl methyl sites for hydroxylation is 1. The Kier molecular flexibility index (Phi) is 4.11. The fraction of sp³-hybridized carbons (Fsp3) is 0.500. The van der Waals surface area contributed by atoms with Crippen LogP contribution in [0.2, 0.25) is 0 Å². The molecule has 0 saturated heterocycles. The molecule has 0 amide bonds. The highest BCUT2D eigenvalue weighted by Crippen LogP contribution is 2.20. The number of para-hydroxylation sites is 1. The smallest absolute Gasteiger partial charge is 0.175 e. The molecular weight excluding hydrogens is 200 g/mol. The minimum atomic E-state index is -0.332. The zero-order chi connectivity index (χ0) is 12.2. The molecular formula is C14H20O2. The second-order valence-corrected chi connectivity index (χ2v) is 4.92. The van der Waals surface area contributed by atoms with E-state index >= 15 is 0 Å². The molecule has 0 heterocycles. The summed E-state index contributed by atoms with van der Waals surface area (Å²) in [7, 11) is 0. The lowest BCUT2D eigenvalue weighted by atomic mass is 9.91. The minimum absolute atomic E-state index is 0.124. The summed E-state index contributed by atoms with van der Waals surface area (Å²) < 4.78 is 5.57. The van der Waals surface area contributed by atoms with Gasteiger partial charge >= 0.3 is 0 Å². The highest BCUT2D eigenvalue weighted by Gasteiger charge is 2.21. The van der Waals surface area contributed by atoms with Gasteiger partial charge in [0.05, 0.1) is 0 Å². The van der Waals surface area contributed by atoms with Crippen molar-refractivity contribution in [1.29, 1.82) is 0 Å². The first-order valence-corrected chi connectivity index (χ1v) is 5.69. The van der Waals surface area contributed by atoms with E-state index in [-0.39, 0.29) is 17.8 Å². The van der Waals surface area contributed by atoms with Crippen molar-refractivity contribution >= 4 is 5.78 Å². The third-order valence-electron chi connectivity index (χ3n) is 2.55. The van der Waals surface area contributed by atoms with E-state index in [1.807, 2.05) is 45.0 Å². The first-order chi connectivity index (χ1) is 7.45. The number of rotatable bonds is 4. The van der Waals surface area contributed by atoms with Crippen LogP contribution < -0.4 is 4.74 Å². The van der Waals surface area contributed by atoms with Crippen LogP contribution in [0.5, 0.6) is 5.75 Å². The molecule has 0 spiro atoms. The van der Waals surface area contributed by atoms with Crippen molar-refractivity contribution in [2.45, 2.75) is 34.1 Å². The quantitative estimate of drug-likeness (QED) is 0.778. The molecule has 0 unspecified atom stereocenters. The second-order valence-electron chi connectivity index (χ2n) is 4.92. The maximum absolute atomic E-state index is 11.7. The summed E-state index contributed by atoms with van der Waals surface area (Å²) in [6.45, 7) is 7.95. The third kappa shape index (κ3) is 3.37.